The van der Waals surface area contributed by atoms with Crippen LogP contribution in [0, 0.1) is 5.41 Å². The summed E-state index contributed by atoms with van der Waals surface area (Å²) in [5.41, 5.74) is 0.484. The second-order valence-electron chi connectivity index (χ2n) is 7.33. The van der Waals surface area contributed by atoms with Crippen LogP contribution in [-0.4, -0.2) is 61.5 Å². The number of aliphatic imine (C=N–C) groups is 1. The molecule has 2 heterocycles. The van der Waals surface area contributed by atoms with Crippen LogP contribution in [-0.2, 0) is 14.6 Å². The minimum Gasteiger partial charge on any atom is -0.490 e. The smallest absolute Gasteiger partial charge is 0.283 e. The molecule has 10 nitrogen and oxygen atoms in total. The average Bonchev–Trinajstić information content (AvgIpc) is 3.26. The van der Waals surface area contributed by atoms with E-state index in [4.69, 9.17) is 19.6 Å². The van der Waals surface area contributed by atoms with Crippen LogP contribution in [0.1, 0.15) is 12.5 Å². The summed E-state index contributed by atoms with van der Waals surface area (Å²) >= 11 is 0.745. The van der Waals surface area contributed by atoms with Crippen molar-refractivity contribution in [1.29, 1.82) is 5.41 Å². The highest BCUT2D eigenvalue weighted by atomic mass is 32.2. The Hall–Kier alpha value is -3.64. The first-order valence-electron chi connectivity index (χ1n) is 10.5. The van der Waals surface area contributed by atoms with E-state index in [-0.39, 0.29) is 28.4 Å². The lowest BCUT2D eigenvalue weighted by molar-refractivity contribution is -0.114. The summed E-state index contributed by atoms with van der Waals surface area (Å²) in [5, 5.41) is 8.16. The summed E-state index contributed by atoms with van der Waals surface area (Å²) in [6, 6.07) is 14.5. The number of fused-ring (bicyclic) bond motifs is 1. The topological polar surface area (TPSA) is 131 Å². The van der Waals surface area contributed by atoms with Crippen molar-refractivity contribution < 1.29 is 27.4 Å². The van der Waals surface area contributed by atoms with Crippen molar-refractivity contribution in [2.24, 2.45) is 9.39 Å². The third-order valence-corrected chi connectivity index (χ3v) is 6.51. The molecule has 12 heteroatoms. The highest BCUT2D eigenvalue weighted by Gasteiger charge is 2.41. The highest BCUT2D eigenvalue weighted by molar-refractivity contribution is 8.16. The Morgan fingerprint density at radius 3 is 2.51 bits per heavy atom. The largest absolute Gasteiger partial charge is 0.490 e. The van der Waals surface area contributed by atoms with Crippen LogP contribution in [0.5, 0.6) is 17.2 Å². The number of amides is 1. The standard InChI is InChI=1S/C23H22N4O6S2/c1-3-31-19-14-15(9-10-18(19)33-12-11-32-16-7-5-4-6-8-16)13-17-20(24)27-22(25-21(17)28)34-26-23(27)35(2,29)30/h4-10,13-14,24H,3,11-12H2,1-2H3. The van der Waals surface area contributed by atoms with E-state index in [0.29, 0.717) is 30.3 Å². The molecule has 0 aromatic heterocycles. The summed E-state index contributed by atoms with van der Waals surface area (Å²) in [6.45, 7) is 2.85. The van der Waals surface area contributed by atoms with Crippen molar-refractivity contribution in [3.63, 3.8) is 0 Å². The normalized spacial score (nSPS) is 16.6. The van der Waals surface area contributed by atoms with Crippen LogP contribution >= 0.6 is 11.9 Å². The van der Waals surface area contributed by atoms with Crippen molar-refractivity contribution in [2.45, 2.75) is 6.92 Å². The second kappa shape index (κ2) is 10.3. The molecule has 0 unspecified atom stereocenters. The zero-order valence-electron chi connectivity index (χ0n) is 18.9. The summed E-state index contributed by atoms with van der Waals surface area (Å²) in [4.78, 5) is 17.5. The van der Waals surface area contributed by atoms with Crippen LogP contribution in [0.4, 0.5) is 0 Å². The van der Waals surface area contributed by atoms with E-state index in [9.17, 15) is 13.2 Å². The lowest BCUT2D eigenvalue weighted by Gasteiger charge is -2.23. The van der Waals surface area contributed by atoms with Crippen LogP contribution in [0.2, 0.25) is 0 Å². The Balaban J connectivity index is 1.52. The Bertz CT molecular complexity index is 1350. The zero-order valence-corrected chi connectivity index (χ0v) is 20.6. The molecule has 182 valence electrons. The van der Waals surface area contributed by atoms with Gasteiger partial charge in [0.2, 0.25) is 20.2 Å². The van der Waals surface area contributed by atoms with Gasteiger partial charge in [-0.05, 0) is 42.8 Å². The van der Waals surface area contributed by atoms with Crippen LogP contribution in [0.15, 0.2) is 63.5 Å². The molecule has 2 aromatic carbocycles. The number of hydrogen-bond acceptors (Lipinski definition) is 9. The molecule has 0 saturated carbocycles. The van der Waals surface area contributed by atoms with Gasteiger partial charge in [-0.15, -0.1) is 0 Å². The SMILES string of the molecule is CCOc1cc(C=C2C(=N)N3C(=NC2=O)SN=C3S(C)(=O)=O)ccc1OCCOc1ccccc1. The first-order chi connectivity index (χ1) is 16.8. The highest BCUT2D eigenvalue weighted by Crippen LogP contribution is 2.32. The lowest BCUT2D eigenvalue weighted by atomic mass is 10.1. The molecule has 35 heavy (non-hydrogen) atoms. The fraction of sp³-hybridized carbons (Fsp3) is 0.217. The van der Waals surface area contributed by atoms with Gasteiger partial charge in [-0.3, -0.25) is 10.2 Å². The Labute approximate surface area is 206 Å². The van der Waals surface area contributed by atoms with Crippen molar-refractivity contribution in [3.8, 4) is 17.2 Å². The molecule has 2 aromatic rings. The van der Waals surface area contributed by atoms with Gasteiger partial charge in [0.15, 0.2) is 11.5 Å². The van der Waals surface area contributed by atoms with Crippen LogP contribution in [0.3, 0.4) is 0 Å². The van der Waals surface area contributed by atoms with Gasteiger partial charge in [0.05, 0.1) is 24.1 Å². The Morgan fingerprint density at radius 2 is 1.80 bits per heavy atom. The molecule has 0 aliphatic carbocycles. The summed E-state index contributed by atoms with van der Waals surface area (Å²) in [5.74, 6) is 0.726. The lowest BCUT2D eigenvalue weighted by Crippen LogP contribution is -2.45. The van der Waals surface area contributed by atoms with Gasteiger partial charge in [0.25, 0.3) is 5.91 Å². The van der Waals surface area contributed by atoms with E-state index >= 15 is 0 Å². The number of benzene rings is 2. The number of carbonyl (C=O) groups is 1. The van der Waals surface area contributed by atoms with Gasteiger partial charge >= 0.3 is 0 Å². The number of amidine groups is 3. The van der Waals surface area contributed by atoms with Crippen molar-refractivity contribution in [3.05, 3.63) is 59.7 Å². The first kappa shape index (κ1) is 24.5. The van der Waals surface area contributed by atoms with Gasteiger partial charge in [0, 0.05) is 6.26 Å². The van der Waals surface area contributed by atoms with E-state index in [0.717, 1.165) is 28.9 Å². The van der Waals surface area contributed by atoms with Crippen molar-refractivity contribution >= 4 is 49.9 Å². The monoisotopic (exact) mass is 514 g/mol. The number of para-hydroxylation sites is 1. The maximum atomic E-state index is 12.6. The number of nitrogens with zero attached hydrogens (tertiary/aromatic N) is 3. The van der Waals surface area contributed by atoms with Crippen LogP contribution < -0.4 is 14.2 Å². The van der Waals surface area contributed by atoms with E-state index in [1.165, 1.54) is 6.08 Å². The number of nitrogens with one attached hydrogen (secondary N) is 1. The number of sulfone groups is 1. The second-order valence-corrected chi connectivity index (χ2v) is 9.97. The van der Waals surface area contributed by atoms with E-state index in [1.807, 2.05) is 37.3 Å². The molecule has 0 radical (unpaired) electrons. The van der Waals surface area contributed by atoms with Gasteiger partial charge in [-0.1, -0.05) is 24.3 Å². The molecule has 1 N–H and O–H groups in total. The fourth-order valence-electron chi connectivity index (χ4n) is 3.23. The Kier molecular flexibility index (Phi) is 7.22. The first-order valence-corrected chi connectivity index (χ1v) is 13.2. The quantitative estimate of drug-likeness (QED) is 0.323. The molecule has 0 spiro atoms. The molecule has 0 atom stereocenters. The molecule has 4 rings (SSSR count). The van der Waals surface area contributed by atoms with Gasteiger partial charge < -0.3 is 14.2 Å². The third-order valence-electron chi connectivity index (χ3n) is 4.76. The number of ether oxygens (including phenoxy) is 3. The van der Waals surface area contributed by atoms with E-state index in [1.54, 1.807) is 18.2 Å². The predicted molar refractivity (Wildman–Crippen MR) is 135 cm³/mol. The fourth-order valence-corrected chi connectivity index (χ4v) is 5.08. The minimum atomic E-state index is -3.72. The summed E-state index contributed by atoms with van der Waals surface area (Å²) in [7, 11) is -3.72. The molecular weight excluding hydrogens is 492 g/mol. The average molecular weight is 515 g/mol. The Morgan fingerprint density at radius 1 is 1.06 bits per heavy atom. The van der Waals surface area contributed by atoms with Gasteiger partial charge in [-0.2, -0.15) is 9.39 Å². The molecule has 0 saturated heterocycles. The molecule has 1 amide bonds. The van der Waals surface area contributed by atoms with E-state index in [2.05, 4.69) is 9.39 Å². The zero-order chi connectivity index (χ0) is 25.0. The third kappa shape index (κ3) is 5.54. The maximum absolute atomic E-state index is 12.6. The predicted octanol–water partition coefficient (Wildman–Crippen LogP) is 3.16. The summed E-state index contributed by atoms with van der Waals surface area (Å²) < 4.78 is 45.1. The number of carbonyl (C=O) groups excluding carboxylic acids is 1. The molecule has 2 aliphatic heterocycles. The molecular formula is C23H22N4O6S2. The van der Waals surface area contributed by atoms with Gasteiger partial charge in [-0.25, -0.2) is 13.3 Å². The maximum Gasteiger partial charge on any atom is 0.283 e. The summed E-state index contributed by atoms with van der Waals surface area (Å²) in [6.07, 6.45) is 2.44. The minimum absolute atomic E-state index is 0.0362. The molecule has 2 aliphatic rings. The van der Waals surface area contributed by atoms with Crippen molar-refractivity contribution in [2.75, 3.05) is 26.1 Å². The van der Waals surface area contributed by atoms with Crippen LogP contribution in [0.25, 0.3) is 6.08 Å². The van der Waals surface area contributed by atoms with Gasteiger partial charge in [0.1, 0.15) is 24.8 Å². The van der Waals surface area contributed by atoms with Crippen molar-refractivity contribution in [1.82, 2.24) is 4.90 Å². The number of hydrogen-bond donors (Lipinski definition) is 1. The molecule has 0 bridgehead atoms. The number of rotatable bonds is 8. The van der Waals surface area contributed by atoms with E-state index < -0.39 is 15.7 Å². The molecule has 0 fully saturated rings.